The topological polar surface area (TPSA) is 114 Å². The first-order valence-electron chi connectivity index (χ1n) is 4.78. The Labute approximate surface area is 109 Å². The molecule has 0 saturated heterocycles. The van der Waals surface area contributed by atoms with Crippen LogP contribution in [0.4, 0.5) is 11.5 Å². The zero-order valence-corrected chi connectivity index (χ0v) is 11.0. The van der Waals surface area contributed by atoms with Crippen molar-refractivity contribution in [2.75, 3.05) is 24.7 Å². The quantitative estimate of drug-likeness (QED) is 0.451. The number of aromatic nitrogens is 1. The van der Waals surface area contributed by atoms with Gasteiger partial charge in [-0.15, -0.1) is 0 Å². The molecule has 0 unspecified atom stereocenters. The second-order valence-electron chi connectivity index (χ2n) is 3.37. The molecule has 0 saturated carbocycles. The van der Waals surface area contributed by atoms with Crippen molar-refractivity contribution in [3.63, 3.8) is 0 Å². The molecule has 18 heavy (non-hydrogen) atoms. The zero-order chi connectivity index (χ0) is 13.8. The fourth-order valence-corrected chi connectivity index (χ4v) is 1.75. The van der Waals surface area contributed by atoms with E-state index in [1.165, 1.54) is 12.3 Å². The molecule has 0 aliphatic heterocycles. The molecule has 0 aliphatic rings. The molecule has 0 amide bonds. The molecule has 0 bridgehead atoms. The van der Waals surface area contributed by atoms with Crippen molar-refractivity contribution >= 4 is 33.1 Å². The molecule has 0 aromatic carbocycles. The zero-order valence-electron chi connectivity index (χ0n) is 9.38. The highest BCUT2D eigenvalue weighted by atomic mass is 35.5. The van der Waals surface area contributed by atoms with Gasteiger partial charge in [-0.3, -0.25) is 10.1 Å². The van der Waals surface area contributed by atoms with Crippen LogP contribution < -0.4 is 10.0 Å². The predicted octanol–water partition coefficient (Wildman–Crippen LogP) is 0.604. The Hall–Kier alpha value is -1.45. The van der Waals surface area contributed by atoms with Crippen molar-refractivity contribution in [3.8, 4) is 0 Å². The van der Waals surface area contributed by atoms with Gasteiger partial charge in [-0.25, -0.2) is 18.1 Å². The van der Waals surface area contributed by atoms with Crippen LogP contribution in [0.25, 0.3) is 0 Å². The van der Waals surface area contributed by atoms with E-state index < -0.39 is 14.9 Å². The highest BCUT2D eigenvalue weighted by Crippen LogP contribution is 2.24. The molecular weight excluding hydrogens is 284 g/mol. The summed E-state index contributed by atoms with van der Waals surface area (Å²) in [6, 6.07) is 1.17. The number of hydrogen-bond acceptors (Lipinski definition) is 6. The summed E-state index contributed by atoms with van der Waals surface area (Å²) in [4.78, 5) is 13.9. The lowest BCUT2D eigenvalue weighted by molar-refractivity contribution is -0.384. The molecule has 1 heterocycles. The average molecular weight is 295 g/mol. The predicted molar refractivity (Wildman–Crippen MR) is 67.2 cm³/mol. The minimum atomic E-state index is -3.28. The standard InChI is InChI=1S/C8H11ClN4O4S/c1-18(16,17)12-3-2-10-8-7(13(14)15)4-6(9)5-11-8/h4-5,12H,2-3H2,1H3,(H,10,11). The third-order valence-electron chi connectivity index (χ3n) is 1.81. The molecule has 0 radical (unpaired) electrons. The van der Waals surface area contributed by atoms with Gasteiger partial charge in [0.05, 0.1) is 16.2 Å². The van der Waals surface area contributed by atoms with E-state index in [4.69, 9.17) is 11.6 Å². The van der Waals surface area contributed by atoms with Crippen molar-refractivity contribution in [1.82, 2.24) is 9.71 Å². The van der Waals surface area contributed by atoms with E-state index in [9.17, 15) is 18.5 Å². The molecule has 0 fully saturated rings. The van der Waals surface area contributed by atoms with Crippen LogP contribution >= 0.6 is 11.6 Å². The fourth-order valence-electron chi connectivity index (χ4n) is 1.12. The van der Waals surface area contributed by atoms with Crippen molar-refractivity contribution in [3.05, 3.63) is 27.4 Å². The Balaban J connectivity index is 2.65. The second-order valence-corrected chi connectivity index (χ2v) is 5.64. The van der Waals surface area contributed by atoms with Crippen molar-refractivity contribution in [2.45, 2.75) is 0 Å². The molecule has 8 nitrogen and oxygen atoms in total. The van der Waals surface area contributed by atoms with Crippen molar-refractivity contribution in [2.24, 2.45) is 0 Å². The van der Waals surface area contributed by atoms with E-state index in [1.54, 1.807) is 0 Å². The third kappa shape index (κ3) is 4.82. The number of sulfonamides is 1. The van der Waals surface area contributed by atoms with Crippen LogP contribution in [0.2, 0.25) is 5.02 Å². The summed E-state index contributed by atoms with van der Waals surface area (Å²) in [6.45, 7) is 0.267. The third-order valence-corrected chi connectivity index (χ3v) is 2.75. The lowest BCUT2D eigenvalue weighted by atomic mass is 10.4. The lowest BCUT2D eigenvalue weighted by Gasteiger charge is -2.06. The van der Waals surface area contributed by atoms with E-state index >= 15 is 0 Å². The van der Waals surface area contributed by atoms with Gasteiger partial charge in [-0.1, -0.05) is 11.6 Å². The molecule has 2 N–H and O–H groups in total. The summed E-state index contributed by atoms with van der Waals surface area (Å²) < 4.78 is 23.8. The molecule has 0 atom stereocenters. The van der Waals surface area contributed by atoms with Gasteiger partial charge in [-0.2, -0.15) is 0 Å². The van der Waals surface area contributed by atoms with Gasteiger partial charge in [-0.05, 0) is 0 Å². The van der Waals surface area contributed by atoms with E-state index in [1.807, 2.05) is 0 Å². The maximum Gasteiger partial charge on any atom is 0.312 e. The molecule has 1 aromatic heterocycles. The minimum Gasteiger partial charge on any atom is -0.363 e. The second kappa shape index (κ2) is 5.94. The van der Waals surface area contributed by atoms with Crippen LogP contribution in [-0.4, -0.2) is 37.7 Å². The van der Waals surface area contributed by atoms with Gasteiger partial charge in [0, 0.05) is 25.4 Å². The monoisotopic (exact) mass is 294 g/mol. The van der Waals surface area contributed by atoms with Gasteiger partial charge in [0.15, 0.2) is 0 Å². The number of pyridine rings is 1. The molecule has 0 spiro atoms. The van der Waals surface area contributed by atoms with Gasteiger partial charge in [0.25, 0.3) is 0 Å². The summed E-state index contributed by atoms with van der Waals surface area (Å²) in [6.07, 6.45) is 2.29. The summed E-state index contributed by atoms with van der Waals surface area (Å²) >= 11 is 5.60. The maximum absolute atomic E-state index is 10.8. The van der Waals surface area contributed by atoms with E-state index in [0.717, 1.165) is 6.26 Å². The van der Waals surface area contributed by atoms with Gasteiger partial charge >= 0.3 is 5.69 Å². The summed E-state index contributed by atoms with van der Waals surface area (Å²) in [7, 11) is -3.28. The van der Waals surface area contributed by atoms with E-state index in [2.05, 4.69) is 15.0 Å². The van der Waals surface area contributed by atoms with Gasteiger partial charge in [0.2, 0.25) is 15.8 Å². The number of hydrogen-bond donors (Lipinski definition) is 2. The Morgan fingerprint density at radius 3 is 2.72 bits per heavy atom. The minimum absolute atomic E-state index is 0.0414. The molecule has 10 heteroatoms. The molecule has 0 aliphatic carbocycles. The Morgan fingerprint density at radius 1 is 1.50 bits per heavy atom. The van der Waals surface area contributed by atoms with Crippen LogP contribution in [0.3, 0.4) is 0 Å². The average Bonchev–Trinajstić information content (AvgIpc) is 2.24. The SMILES string of the molecule is CS(=O)(=O)NCCNc1ncc(Cl)cc1[N+](=O)[O-]. The van der Waals surface area contributed by atoms with E-state index in [-0.39, 0.29) is 29.6 Å². The summed E-state index contributed by atoms with van der Waals surface area (Å²) in [5.74, 6) is 0.0414. The lowest BCUT2D eigenvalue weighted by Crippen LogP contribution is -2.27. The van der Waals surface area contributed by atoms with Gasteiger partial charge in [0.1, 0.15) is 0 Å². The Kier molecular flexibility index (Phi) is 4.82. The van der Waals surface area contributed by atoms with Crippen LogP contribution in [0.5, 0.6) is 0 Å². The number of halogens is 1. The van der Waals surface area contributed by atoms with Gasteiger partial charge < -0.3 is 5.32 Å². The van der Waals surface area contributed by atoms with Crippen LogP contribution in [0.15, 0.2) is 12.3 Å². The molecular formula is C8H11ClN4O4S. The summed E-state index contributed by atoms with van der Waals surface area (Å²) in [5, 5.41) is 13.5. The first kappa shape index (κ1) is 14.6. The number of nitrogens with one attached hydrogen (secondary N) is 2. The number of nitro groups is 1. The van der Waals surface area contributed by atoms with Crippen molar-refractivity contribution in [1.29, 1.82) is 0 Å². The molecule has 100 valence electrons. The smallest absolute Gasteiger partial charge is 0.312 e. The number of rotatable bonds is 6. The number of nitrogens with zero attached hydrogens (tertiary/aromatic N) is 2. The van der Waals surface area contributed by atoms with Crippen molar-refractivity contribution < 1.29 is 13.3 Å². The first-order valence-corrected chi connectivity index (χ1v) is 7.05. The number of anilines is 1. The van der Waals surface area contributed by atoms with Crippen LogP contribution in [0.1, 0.15) is 0 Å². The van der Waals surface area contributed by atoms with Crippen LogP contribution in [0, 0.1) is 10.1 Å². The van der Waals surface area contributed by atoms with Crippen LogP contribution in [-0.2, 0) is 10.0 Å². The molecule has 1 rings (SSSR count). The maximum atomic E-state index is 10.8. The Bertz CT molecular complexity index is 548. The first-order chi connectivity index (χ1) is 8.29. The highest BCUT2D eigenvalue weighted by molar-refractivity contribution is 7.88. The fraction of sp³-hybridized carbons (Fsp3) is 0.375. The highest BCUT2D eigenvalue weighted by Gasteiger charge is 2.15. The normalized spacial score (nSPS) is 11.2. The largest absolute Gasteiger partial charge is 0.363 e. The summed E-state index contributed by atoms with van der Waals surface area (Å²) in [5.41, 5.74) is -0.262. The Morgan fingerprint density at radius 2 is 2.17 bits per heavy atom. The van der Waals surface area contributed by atoms with E-state index in [0.29, 0.717) is 0 Å². The molecule has 1 aromatic rings.